The van der Waals surface area contributed by atoms with Gasteiger partial charge in [-0.1, -0.05) is 6.92 Å². The molecular formula is C32H49N9O3. The van der Waals surface area contributed by atoms with Crippen molar-refractivity contribution in [2.75, 3.05) is 73.8 Å². The maximum atomic E-state index is 12.6. The third-order valence-corrected chi connectivity index (χ3v) is 9.51. The minimum Gasteiger partial charge on any atom is -0.393 e. The molecule has 2 saturated heterocycles. The molecule has 0 radical (unpaired) electrons. The monoisotopic (exact) mass is 607 g/mol. The Labute approximate surface area is 261 Å². The van der Waals surface area contributed by atoms with Crippen LogP contribution in [0.1, 0.15) is 68.6 Å². The zero-order chi connectivity index (χ0) is 31.4. The number of aliphatic hydroxyl groups excluding tert-OH is 1. The van der Waals surface area contributed by atoms with E-state index in [9.17, 15) is 14.7 Å². The highest BCUT2D eigenvalue weighted by Crippen LogP contribution is 2.36. The Kier molecular flexibility index (Phi) is 10.2. The van der Waals surface area contributed by atoms with Crippen molar-refractivity contribution in [3.63, 3.8) is 0 Å². The predicted molar refractivity (Wildman–Crippen MR) is 175 cm³/mol. The predicted octanol–water partition coefficient (Wildman–Crippen LogP) is 2.80. The second-order valence-electron chi connectivity index (χ2n) is 12.5. The van der Waals surface area contributed by atoms with Gasteiger partial charge in [0.1, 0.15) is 5.82 Å². The van der Waals surface area contributed by atoms with Crippen molar-refractivity contribution in [3.05, 3.63) is 29.6 Å². The van der Waals surface area contributed by atoms with Gasteiger partial charge in [-0.15, -0.1) is 0 Å². The molecule has 5 rings (SSSR count). The summed E-state index contributed by atoms with van der Waals surface area (Å²) in [6.07, 6.45) is 5.65. The Morgan fingerprint density at radius 2 is 1.68 bits per heavy atom. The third kappa shape index (κ3) is 7.41. The van der Waals surface area contributed by atoms with E-state index in [1.807, 2.05) is 25.1 Å². The third-order valence-electron chi connectivity index (χ3n) is 9.51. The maximum Gasteiger partial charge on any atom is 0.271 e. The first-order valence-corrected chi connectivity index (χ1v) is 16.1. The summed E-state index contributed by atoms with van der Waals surface area (Å²) in [5.74, 6) is 0.153. The van der Waals surface area contributed by atoms with Crippen LogP contribution >= 0.6 is 0 Å². The van der Waals surface area contributed by atoms with Crippen LogP contribution in [0.5, 0.6) is 0 Å². The lowest BCUT2D eigenvalue weighted by Gasteiger charge is -2.43. The number of hydrogen-bond donors (Lipinski definition) is 4. The molecule has 12 heteroatoms. The van der Waals surface area contributed by atoms with E-state index in [-0.39, 0.29) is 29.6 Å². The van der Waals surface area contributed by atoms with Crippen molar-refractivity contribution < 1.29 is 14.7 Å². The second kappa shape index (κ2) is 14.1. The molecule has 0 spiro atoms. The first-order chi connectivity index (χ1) is 21.1. The van der Waals surface area contributed by atoms with Crippen molar-refractivity contribution in [2.24, 2.45) is 5.73 Å². The molecule has 0 bridgehead atoms. The fourth-order valence-corrected chi connectivity index (χ4v) is 6.61. The number of piperazine rings is 1. The van der Waals surface area contributed by atoms with Crippen LogP contribution in [0.2, 0.25) is 0 Å². The summed E-state index contributed by atoms with van der Waals surface area (Å²) in [6.45, 7) is 9.85. The summed E-state index contributed by atoms with van der Waals surface area (Å²) in [4.78, 5) is 43.5. The van der Waals surface area contributed by atoms with Gasteiger partial charge < -0.3 is 36.2 Å². The van der Waals surface area contributed by atoms with E-state index in [1.165, 1.54) is 0 Å². The minimum absolute atomic E-state index is 0.0651. The number of carbonyl (C=O) groups excluding carboxylic acids is 2. The molecule has 2 aliphatic heterocycles. The Morgan fingerprint density at radius 3 is 2.30 bits per heavy atom. The van der Waals surface area contributed by atoms with Crippen molar-refractivity contribution in [1.29, 1.82) is 0 Å². The van der Waals surface area contributed by atoms with Crippen LogP contribution < -0.4 is 26.2 Å². The highest BCUT2D eigenvalue weighted by molar-refractivity contribution is 5.98. The molecule has 3 aliphatic rings. The van der Waals surface area contributed by atoms with Crippen molar-refractivity contribution in [1.82, 2.24) is 19.8 Å². The van der Waals surface area contributed by atoms with Gasteiger partial charge in [-0.3, -0.25) is 14.5 Å². The quantitative estimate of drug-likeness (QED) is 0.336. The zero-order valence-electron chi connectivity index (χ0n) is 26.7. The molecule has 3 fully saturated rings. The number of aliphatic hydroxyl groups is 1. The fourth-order valence-electron chi connectivity index (χ4n) is 6.61. The van der Waals surface area contributed by atoms with Crippen LogP contribution in [0.4, 0.5) is 28.7 Å². The number of carbonyl (C=O) groups is 2. The number of hydrogen-bond acceptors (Lipinski definition) is 10. The van der Waals surface area contributed by atoms with Crippen LogP contribution in [0, 0.1) is 0 Å². The van der Waals surface area contributed by atoms with Crippen LogP contribution in [0.15, 0.2) is 18.2 Å². The molecule has 1 aromatic carbocycles. The number of primary amides is 1. The number of rotatable bonds is 9. The molecule has 2 aromatic rings. The Morgan fingerprint density at radius 1 is 1.00 bits per heavy atom. The van der Waals surface area contributed by atoms with Gasteiger partial charge in [-0.2, -0.15) is 0 Å². The number of nitrogens with two attached hydrogens (primary N) is 1. The SMILES string of the molecule is CCc1nc(C(N)=O)c(Nc2ccc(N3CCC(N4CCN(C)CC4)CC3)c(N(C)C(C)=O)c2)nc1N[C@H]1CC[C@H](O)CC1. The molecule has 1 aromatic heterocycles. The molecule has 44 heavy (non-hydrogen) atoms. The molecule has 0 unspecified atom stereocenters. The summed E-state index contributed by atoms with van der Waals surface area (Å²) in [5.41, 5.74) is 8.98. The van der Waals surface area contributed by atoms with Gasteiger partial charge in [0.05, 0.1) is 23.2 Å². The Hall–Kier alpha value is -3.48. The smallest absolute Gasteiger partial charge is 0.271 e. The summed E-state index contributed by atoms with van der Waals surface area (Å²) in [7, 11) is 3.98. The lowest BCUT2D eigenvalue weighted by atomic mass is 9.93. The standard InChI is InChI=1S/C32H49N9O3/c1-5-26-31(34-22-6-9-25(43)10-7-22)37-32(29(36-26)30(33)44)35-23-8-11-27(28(20-23)39(4)21(2)42)41-14-12-24(13-15-41)40-18-16-38(3)17-19-40/h8,11,20,22,24-25,43H,5-7,9-10,12-19H2,1-4H3,(H2,33,44)(H2,34,35,37)/t22-,25-. The first-order valence-electron chi connectivity index (χ1n) is 16.1. The largest absolute Gasteiger partial charge is 0.393 e. The Balaban J connectivity index is 1.38. The topological polar surface area (TPSA) is 143 Å². The summed E-state index contributed by atoms with van der Waals surface area (Å²) in [6, 6.07) is 6.68. The number of benzene rings is 1. The van der Waals surface area contributed by atoms with Gasteiger partial charge in [0, 0.05) is 71.0 Å². The van der Waals surface area contributed by atoms with E-state index in [0.717, 1.165) is 89.2 Å². The first kappa shape index (κ1) is 31.9. The number of piperidine rings is 1. The number of nitrogens with zero attached hydrogens (tertiary/aromatic N) is 6. The van der Waals surface area contributed by atoms with Gasteiger partial charge in [0.15, 0.2) is 11.5 Å². The fraction of sp³-hybridized carbons (Fsp3) is 0.625. The zero-order valence-corrected chi connectivity index (χ0v) is 26.7. The van der Waals surface area contributed by atoms with E-state index >= 15 is 0 Å². The molecule has 240 valence electrons. The summed E-state index contributed by atoms with van der Waals surface area (Å²) in [5, 5.41) is 16.7. The average molecular weight is 608 g/mol. The number of aromatic nitrogens is 2. The molecule has 2 amide bonds. The van der Waals surface area contributed by atoms with Crippen LogP contribution in [-0.2, 0) is 11.2 Å². The van der Waals surface area contributed by atoms with Gasteiger partial charge in [-0.05, 0) is 70.2 Å². The maximum absolute atomic E-state index is 12.6. The van der Waals surface area contributed by atoms with Gasteiger partial charge >= 0.3 is 0 Å². The van der Waals surface area contributed by atoms with E-state index < -0.39 is 5.91 Å². The van der Waals surface area contributed by atoms with E-state index in [1.54, 1.807) is 18.9 Å². The van der Waals surface area contributed by atoms with Crippen molar-refractivity contribution in [3.8, 4) is 0 Å². The van der Waals surface area contributed by atoms with Gasteiger partial charge in [0.2, 0.25) is 5.91 Å². The highest BCUT2D eigenvalue weighted by atomic mass is 16.3. The van der Waals surface area contributed by atoms with E-state index in [4.69, 9.17) is 10.7 Å². The van der Waals surface area contributed by atoms with Crippen molar-refractivity contribution >= 4 is 40.5 Å². The van der Waals surface area contributed by atoms with Crippen LogP contribution in [0.25, 0.3) is 0 Å². The average Bonchev–Trinajstić information content (AvgIpc) is 3.02. The molecule has 1 aliphatic carbocycles. The number of anilines is 5. The van der Waals surface area contributed by atoms with Crippen molar-refractivity contribution in [2.45, 2.75) is 77.0 Å². The Bertz CT molecular complexity index is 1310. The summed E-state index contributed by atoms with van der Waals surface area (Å²) >= 11 is 0. The number of amides is 2. The lowest BCUT2D eigenvalue weighted by molar-refractivity contribution is -0.116. The van der Waals surface area contributed by atoms with Gasteiger partial charge in [0.25, 0.3) is 5.91 Å². The number of likely N-dealkylation sites (N-methyl/N-ethyl adjacent to an activating group) is 1. The van der Waals surface area contributed by atoms with E-state index in [2.05, 4.69) is 37.4 Å². The molecule has 12 nitrogen and oxygen atoms in total. The second-order valence-corrected chi connectivity index (χ2v) is 12.5. The normalized spacial score (nSPS) is 22.1. The molecule has 0 atom stereocenters. The lowest BCUT2D eigenvalue weighted by Crippen LogP contribution is -2.52. The molecular weight excluding hydrogens is 558 g/mol. The number of nitrogens with one attached hydrogen (secondary N) is 2. The molecule has 1 saturated carbocycles. The van der Waals surface area contributed by atoms with E-state index in [0.29, 0.717) is 29.7 Å². The molecule has 5 N–H and O–H groups in total. The molecule has 3 heterocycles. The minimum atomic E-state index is -0.664. The van der Waals surface area contributed by atoms with Crippen LogP contribution in [0.3, 0.4) is 0 Å². The van der Waals surface area contributed by atoms with Gasteiger partial charge in [-0.25, -0.2) is 9.97 Å². The number of aryl methyl sites for hydroxylation is 1. The highest BCUT2D eigenvalue weighted by Gasteiger charge is 2.29. The summed E-state index contributed by atoms with van der Waals surface area (Å²) < 4.78 is 0. The van der Waals surface area contributed by atoms with Crippen LogP contribution in [-0.4, -0.2) is 108 Å².